The molecule has 6 rings (SSSR count). The molecule has 4 aromatic carbocycles. The third-order valence-corrected chi connectivity index (χ3v) is 10.4. The van der Waals surface area contributed by atoms with E-state index in [0.717, 1.165) is 27.1 Å². The molecule has 1 aromatic heterocycles. The monoisotopic (exact) mass is 573 g/mol. The summed E-state index contributed by atoms with van der Waals surface area (Å²) in [4.78, 5) is 2.30. The first-order valence-electron chi connectivity index (χ1n) is 13.0. The second-order valence-corrected chi connectivity index (χ2v) is 13.5. The quantitative estimate of drug-likeness (QED) is 0.194. The second kappa shape index (κ2) is 10.5. The summed E-state index contributed by atoms with van der Waals surface area (Å²) in [5.74, 6) is -0.351. The molecule has 0 saturated carbocycles. The van der Waals surface area contributed by atoms with Crippen LogP contribution in [0.25, 0.3) is 37.8 Å². The maximum atomic E-state index is 11.4. The lowest BCUT2D eigenvalue weighted by Gasteiger charge is -2.17. The van der Waals surface area contributed by atoms with Crippen molar-refractivity contribution in [1.82, 2.24) is 0 Å². The molecule has 0 amide bonds. The second-order valence-electron chi connectivity index (χ2n) is 9.82. The van der Waals surface area contributed by atoms with Crippen LogP contribution >= 0.6 is 23.1 Å². The van der Waals surface area contributed by atoms with Crippen LogP contribution in [0.3, 0.4) is 0 Å². The summed E-state index contributed by atoms with van der Waals surface area (Å²) < 4.78 is 37.6. The van der Waals surface area contributed by atoms with E-state index in [9.17, 15) is 13.0 Å². The Morgan fingerprint density at radius 2 is 1.67 bits per heavy atom. The molecule has 0 bridgehead atoms. The first-order valence-corrected chi connectivity index (χ1v) is 16.3. The van der Waals surface area contributed by atoms with Crippen LogP contribution < -0.4 is 9.47 Å². The summed E-state index contributed by atoms with van der Waals surface area (Å²) in [5, 5.41) is 7.12. The number of hydrogen-bond donors (Lipinski definition) is 1. The van der Waals surface area contributed by atoms with Gasteiger partial charge in [-0.1, -0.05) is 66.8 Å². The minimum atomic E-state index is -4.26. The predicted molar refractivity (Wildman–Crippen MR) is 161 cm³/mol. The number of benzene rings is 4. The number of nitrogens with zero attached hydrogens (tertiary/aromatic N) is 1. The van der Waals surface area contributed by atoms with Gasteiger partial charge >= 0.3 is 0 Å². The summed E-state index contributed by atoms with van der Waals surface area (Å²) in [6.45, 7) is 2.71. The highest BCUT2D eigenvalue weighted by Gasteiger charge is 2.33. The summed E-state index contributed by atoms with van der Waals surface area (Å²) in [7, 11) is -2.13. The van der Waals surface area contributed by atoms with Crippen molar-refractivity contribution in [3.63, 3.8) is 0 Å². The van der Waals surface area contributed by atoms with Crippen molar-refractivity contribution in [3.05, 3.63) is 94.5 Å². The third kappa shape index (κ3) is 5.15. The van der Waals surface area contributed by atoms with E-state index < -0.39 is 10.1 Å². The van der Waals surface area contributed by atoms with Gasteiger partial charge in [-0.15, -0.1) is 0 Å². The molecule has 0 fully saturated rings. The highest BCUT2D eigenvalue weighted by Crippen LogP contribution is 2.40. The van der Waals surface area contributed by atoms with Crippen LogP contribution in [0.1, 0.15) is 24.8 Å². The molecule has 5 aromatic rings. The largest absolute Gasteiger partial charge is 0.748 e. The zero-order valence-corrected chi connectivity index (χ0v) is 24.3. The minimum Gasteiger partial charge on any atom is -0.748 e. The molecule has 1 unspecified atom stereocenters. The Morgan fingerprint density at radius 3 is 2.41 bits per heavy atom. The number of aromatic nitrogens is 1. The van der Waals surface area contributed by atoms with Crippen molar-refractivity contribution in [1.29, 1.82) is 0 Å². The first-order chi connectivity index (χ1) is 18.8. The lowest BCUT2D eigenvalue weighted by molar-refractivity contribution is -0.779. The van der Waals surface area contributed by atoms with Crippen molar-refractivity contribution < 1.29 is 22.4 Å². The smallest absolute Gasteiger partial charge is 0.262 e. The number of aryl methyl sites for hydroxylation is 1. The lowest BCUT2D eigenvalue weighted by Crippen LogP contribution is -3.03. The fraction of sp³-hybridized carbons (Fsp3) is 0.194. The average Bonchev–Trinajstić information content (AvgIpc) is 3.44. The molecule has 1 aliphatic rings. The van der Waals surface area contributed by atoms with Crippen LogP contribution in [0.5, 0.6) is 0 Å². The number of thiazole rings is 1. The Hall–Kier alpha value is -3.01. The third-order valence-electron chi connectivity index (χ3n) is 7.31. The molecule has 198 valence electrons. The van der Waals surface area contributed by atoms with Gasteiger partial charge in [-0.3, -0.25) is 4.90 Å². The average molecular weight is 574 g/mol. The van der Waals surface area contributed by atoms with Crippen LogP contribution in [0.15, 0.2) is 94.4 Å². The lowest BCUT2D eigenvalue weighted by atomic mass is 10.1. The van der Waals surface area contributed by atoms with Crippen LogP contribution in [0.4, 0.5) is 5.69 Å². The van der Waals surface area contributed by atoms with Gasteiger partial charge in [0, 0.05) is 29.7 Å². The number of fused-ring (bicyclic) bond motifs is 6. The summed E-state index contributed by atoms with van der Waals surface area (Å²) in [6, 6.07) is 25.5. The molecular formula is C31H29N2O3S3+. The molecule has 1 atom stereocenters. The summed E-state index contributed by atoms with van der Waals surface area (Å²) in [5.41, 5.74) is 3.62. The number of quaternary nitrogens is 1. The molecule has 5 nitrogen and oxygen atoms in total. The van der Waals surface area contributed by atoms with Crippen molar-refractivity contribution >= 4 is 76.7 Å². The fourth-order valence-electron chi connectivity index (χ4n) is 5.40. The van der Waals surface area contributed by atoms with E-state index in [-0.39, 0.29) is 5.75 Å². The van der Waals surface area contributed by atoms with Gasteiger partial charge in [-0.25, -0.2) is 8.42 Å². The van der Waals surface area contributed by atoms with E-state index in [0.29, 0.717) is 13.0 Å². The maximum Gasteiger partial charge on any atom is 0.262 e. The van der Waals surface area contributed by atoms with Crippen molar-refractivity contribution in [3.8, 4) is 0 Å². The van der Waals surface area contributed by atoms with Gasteiger partial charge < -0.3 is 4.55 Å². The number of hydrogen-bond acceptors (Lipinski definition) is 5. The van der Waals surface area contributed by atoms with Gasteiger partial charge in [0.15, 0.2) is 10.7 Å². The zero-order valence-electron chi connectivity index (χ0n) is 21.8. The first kappa shape index (κ1) is 26.2. The van der Waals surface area contributed by atoms with Crippen LogP contribution in [-0.4, -0.2) is 25.3 Å². The Morgan fingerprint density at radius 1 is 0.974 bits per heavy atom. The SMILES string of the molecule is CCC(=Cc1sc2ccc3ccccc3c2[n+]1C)C=C1Sc2ccc3ccccc3c2[NH+]1CCCS(=O)(=O)[O-]. The van der Waals surface area contributed by atoms with Crippen LogP contribution in [-0.2, 0) is 17.2 Å². The standard InChI is InChI=1S/C31H28N2O3S3/c1-3-21(19-28-32(2)30-24-11-6-4-9-22(24)13-15-26(30)37-28)20-29-33(17-8-18-39(34,35)36)31-25-12-7-5-10-23(25)14-16-27(31)38-29/h4-7,9-16,19-20H,3,8,17-18H2,1-2H3/p+1. The van der Waals surface area contributed by atoms with Gasteiger partial charge in [-0.05, 0) is 58.8 Å². The van der Waals surface area contributed by atoms with E-state index in [1.807, 2.05) is 12.1 Å². The van der Waals surface area contributed by atoms with Gasteiger partial charge in [-0.2, -0.15) is 4.57 Å². The Kier molecular flexibility index (Phi) is 7.07. The van der Waals surface area contributed by atoms with E-state index in [1.165, 1.54) is 42.2 Å². The topological polar surface area (TPSA) is 65.5 Å². The van der Waals surface area contributed by atoms with Gasteiger partial charge in [0.2, 0.25) is 5.52 Å². The van der Waals surface area contributed by atoms with E-state index in [1.54, 1.807) is 23.1 Å². The molecule has 0 spiro atoms. The fourth-order valence-corrected chi connectivity index (χ4v) is 8.28. The highest BCUT2D eigenvalue weighted by molar-refractivity contribution is 8.03. The van der Waals surface area contributed by atoms with E-state index >= 15 is 0 Å². The Balaban J connectivity index is 1.42. The maximum absolute atomic E-state index is 11.4. The number of nitrogens with one attached hydrogen (secondary N) is 1. The minimum absolute atomic E-state index is 0.311. The normalized spacial score (nSPS) is 17.1. The van der Waals surface area contributed by atoms with Gasteiger partial charge in [0.25, 0.3) is 5.01 Å². The molecule has 1 aliphatic heterocycles. The molecule has 8 heteroatoms. The molecular weight excluding hydrogens is 545 g/mol. The van der Waals surface area contributed by atoms with Crippen molar-refractivity contribution in [2.24, 2.45) is 7.05 Å². The Bertz CT molecular complexity index is 1910. The molecule has 2 heterocycles. The van der Waals surface area contributed by atoms with Crippen molar-refractivity contribution in [2.75, 3.05) is 12.3 Å². The number of allylic oxidation sites excluding steroid dienone is 2. The Labute approximate surface area is 236 Å². The van der Waals surface area contributed by atoms with E-state index in [2.05, 4.69) is 91.4 Å². The number of rotatable bonds is 7. The van der Waals surface area contributed by atoms with Crippen LogP contribution in [0.2, 0.25) is 0 Å². The molecule has 0 aliphatic carbocycles. The highest BCUT2D eigenvalue weighted by atomic mass is 32.2. The molecule has 1 N–H and O–H groups in total. The molecule has 0 saturated heterocycles. The van der Waals surface area contributed by atoms with Crippen molar-refractivity contribution in [2.45, 2.75) is 24.7 Å². The van der Waals surface area contributed by atoms with Gasteiger partial charge in [0.1, 0.15) is 11.7 Å². The zero-order chi connectivity index (χ0) is 27.1. The van der Waals surface area contributed by atoms with Crippen LogP contribution in [0, 0.1) is 0 Å². The predicted octanol–water partition coefficient (Wildman–Crippen LogP) is 5.92. The summed E-state index contributed by atoms with van der Waals surface area (Å²) in [6.07, 6.45) is 5.69. The van der Waals surface area contributed by atoms with E-state index in [4.69, 9.17) is 0 Å². The molecule has 0 radical (unpaired) electrons. The molecule has 39 heavy (non-hydrogen) atoms. The summed E-state index contributed by atoms with van der Waals surface area (Å²) >= 11 is 3.52. The number of thioether (sulfide) groups is 1. The van der Waals surface area contributed by atoms with Gasteiger partial charge in [0.05, 0.1) is 26.9 Å².